The number of nitrogens with zero attached hydrogens (tertiary/aromatic N) is 5. The quantitative estimate of drug-likeness (QED) is 0.314. The van der Waals surface area contributed by atoms with Gasteiger partial charge in [0.2, 0.25) is 5.95 Å². The van der Waals surface area contributed by atoms with Gasteiger partial charge in [-0.1, -0.05) is 0 Å². The number of halogens is 2. The maximum Gasteiger partial charge on any atom is 0.322 e. The fourth-order valence-corrected chi connectivity index (χ4v) is 4.13. The highest BCUT2D eigenvalue weighted by Crippen LogP contribution is 2.25. The van der Waals surface area contributed by atoms with Crippen LogP contribution in [0.15, 0.2) is 17.2 Å². The van der Waals surface area contributed by atoms with Gasteiger partial charge in [0.1, 0.15) is 5.75 Å². The molecule has 0 unspecified atom stereocenters. The molecule has 138 valence electrons. The lowest BCUT2D eigenvalue weighted by atomic mass is 10.2. The van der Waals surface area contributed by atoms with Crippen molar-refractivity contribution >= 4 is 63.3 Å². The lowest BCUT2D eigenvalue weighted by Gasteiger charge is -2.26. The summed E-state index contributed by atoms with van der Waals surface area (Å²) in [5.41, 5.74) is 3.37. The van der Waals surface area contributed by atoms with Crippen LogP contribution in [0.3, 0.4) is 0 Å². The summed E-state index contributed by atoms with van der Waals surface area (Å²) in [6.07, 6.45) is 1.52. The highest BCUT2D eigenvalue weighted by atomic mass is 127. The molecule has 1 saturated heterocycles. The lowest BCUT2D eigenvalue weighted by Crippen LogP contribution is -2.37. The summed E-state index contributed by atoms with van der Waals surface area (Å²) in [6.45, 7) is 2.65. The van der Waals surface area contributed by atoms with Gasteiger partial charge in [-0.3, -0.25) is 0 Å². The number of methoxy groups -OCH3 is 1. The SMILES string of the molecule is COc1nc(N/N=C\c2cc(I)cc(I)c2O)nc(N2CCOCC2)n1. The standard InChI is InChI=1S/C15H16I2N6O3/c1-25-15-20-13(19-14(21-15)23-2-4-26-5-3-23)22-18-8-9-6-10(16)7-11(17)12(9)24/h6-8,24H,2-5H2,1H3,(H,19,20,21,22)/b18-8-. The molecule has 0 aliphatic carbocycles. The van der Waals surface area contributed by atoms with Crippen LogP contribution in [0.2, 0.25) is 0 Å². The van der Waals surface area contributed by atoms with E-state index in [4.69, 9.17) is 9.47 Å². The van der Waals surface area contributed by atoms with E-state index in [1.165, 1.54) is 13.3 Å². The third-order valence-corrected chi connectivity index (χ3v) is 4.95. The number of aromatic nitrogens is 3. The van der Waals surface area contributed by atoms with E-state index in [2.05, 4.69) is 70.7 Å². The highest BCUT2D eigenvalue weighted by molar-refractivity contribution is 14.1. The van der Waals surface area contributed by atoms with Crippen molar-refractivity contribution < 1.29 is 14.6 Å². The molecule has 1 aliphatic rings. The Morgan fingerprint density at radius 2 is 2.04 bits per heavy atom. The van der Waals surface area contributed by atoms with Crippen LogP contribution in [0.5, 0.6) is 11.8 Å². The summed E-state index contributed by atoms with van der Waals surface area (Å²) in [7, 11) is 1.50. The van der Waals surface area contributed by atoms with Crippen LogP contribution in [0.4, 0.5) is 11.9 Å². The van der Waals surface area contributed by atoms with Crippen molar-refractivity contribution in [3.63, 3.8) is 0 Å². The monoisotopic (exact) mass is 582 g/mol. The molecule has 0 spiro atoms. The van der Waals surface area contributed by atoms with Gasteiger partial charge >= 0.3 is 6.01 Å². The molecule has 1 aromatic carbocycles. The topological polar surface area (TPSA) is 105 Å². The first kappa shape index (κ1) is 19.3. The van der Waals surface area contributed by atoms with Gasteiger partial charge < -0.3 is 19.5 Å². The number of morpholine rings is 1. The third kappa shape index (κ3) is 4.82. The second-order valence-electron chi connectivity index (χ2n) is 5.24. The molecule has 2 heterocycles. The van der Waals surface area contributed by atoms with Gasteiger partial charge in [-0.25, -0.2) is 5.43 Å². The number of phenols is 1. The molecule has 1 fully saturated rings. The van der Waals surface area contributed by atoms with Gasteiger partial charge in [-0.15, -0.1) is 0 Å². The largest absolute Gasteiger partial charge is 0.506 e. The van der Waals surface area contributed by atoms with Crippen LogP contribution in [0.25, 0.3) is 0 Å². The molecule has 0 atom stereocenters. The van der Waals surface area contributed by atoms with Gasteiger partial charge in [0.15, 0.2) is 0 Å². The average molecular weight is 582 g/mol. The minimum atomic E-state index is 0.179. The predicted molar refractivity (Wildman–Crippen MR) is 114 cm³/mol. The zero-order chi connectivity index (χ0) is 18.5. The summed E-state index contributed by atoms with van der Waals surface area (Å²) in [5.74, 6) is 0.942. The summed E-state index contributed by atoms with van der Waals surface area (Å²) in [5, 5.41) is 14.2. The first-order valence-electron chi connectivity index (χ1n) is 7.66. The molecular formula is C15H16I2N6O3. The number of hydrogen-bond acceptors (Lipinski definition) is 9. The first-order chi connectivity index (χ1) is 12.6. The van der Waals surface area contributed by atoms with Gasteiger partial charge in [-0.2, -0.15) is 20.1 Å². The molecule has 1 aromatic heterocycles. The minimum Gasteiger partial charge on any atom is -0.506 e. The van der Waals surface area contributed by atoms with Crippen LogP contribution in [-0.2, 0) is 4.74 Å². The van der Waals surface area contributed by atoms with E-state index in [0.717, 1.165) is 7.14 Å². The Morgan fingerprint density at radius 1 is 1.27 bits per heavy atom. The molecule has 26 heavy (non-hydrogen) atoms. The van der Waals surface area contributed by atoms with Crippen LogP contribution < -0.4 is 15.1 Å². The fraction of sp³-hybridized carbons (Fsp3) is 0.333. The number of hydrogen-bond donors (Lipinski definition) is 2. The Morgan fingerprint density at radius 3 is 2.77 bits per heavy atom. The normalized spacial score (nSPS) is 14.7. The van der Waals surface area contributed by atoms with Crippen LogP contribution in [0, 0.1) is 7.14 Å². The molecule has 3 rings (SSSR count). The lowest BCUT2D eigenvalue weighted by molar-refractivity contribution is 0.122. The molecule has 2 N–H and O–H groups in total. The molecular weight excluding hydrogens is 566 g/mol. The Labute approximate surface area is 177 Å². The Kier molecular flexibility index (Phi) is 6.63. The molecule has 2 aromatic rings. The number of anilines is 2. The molecule has 9 nitrogen and oxygen atoms in total. The summed E-state index contributed by atoms with van der Waals surface area (Å²) >= 11 is 4.26. The molecule has 1 aliphatic heterocycles. The number of benzene rings is 1. The van der Waals surface area contributed by atoms with Crippen molar-refractivity contribution in [3.05, 3.63) is 24.8 Å². The summed E-state index contributed by atoms with van der Waals surface area (Å²) in [4.78, 5) is 14.8. The Hall–Kier alpha value is -1.48. The summed E-state index contributed by atoms with van der Waals surface area (Å²) < 4.78 is 12.3. The van der Waals surface area contributed by atoms with E-state index in [0.29, 0.717) is 37.8 Å². The second-order valence-corrected chi connectivity index (χ2v) is 7.65. The smallest absolute Gasteiger partial charge is 0.322 e. The number of phenolic OH excluding ortho intramolecular Hbond substituents is 1. The van der Waals surface area contributed by atoms with E-state index in [1.807, 2.05) is 17.0 Å². The Balaban J connectivity index is 1.79. The third-order valence-electron chi connectivity index (χ3n) is 3.51. The number of rotatable bonds is 5. The van der Waals surface area contributed by atoms with Gasteiger partial charge in [0, 0.05) is 22.2 Å². The van der Waals surface area contributed by atoms with E-state index in [-0.39, 0.29) is 17.7 Å². The highest BCUT2D eigenvalue weighted by Gasteiger charge is 2.16. The minimum absolute atomic E-state index is 0.179. The van der Waals surface area contributed by atoms with E-state index < -0.39 is 0 Å². The van der Waals surface area contributed by atoms with Crippen molar-refractivity contribution in [2.75, 3.05) is 43.7 Å². The van der Waals surface area contributed by atoms with E-state index in [1.54, 1.807) is 0 Å². The van der Waals surface area contributed by atoms with E-state index >= 15 is 0 Å². The molecule has 11 heteroatoms. The number of nitrogens with one attached hydrogen (secondary N) is 1. The van der Waals surface area contributed by atoms with Crippen molar-refractivity contribution in [1.29, 1.82) is 0 Å². The van der Waals surface area contributed by atoms with Crippen molar-refractivity contribution in [2.45, 2.75) is 0 Å². The van der Waals surface area contributed by atoms with Crippen molar-refractivity contribution in [2.24, 2.45) is 5.10 Å². The molecule has 0 amide bonds. The van der Waals surface area contributed by atoms with Gasteiger partial charge in [0.25, 0.3) is 5.95 Å². The van der Waals surface area contributed by atoms with Crippen molar-refractivity contribution in [3.8, 4) is 11.8 Å². The van der Waals surface area contributed by atoms with Gasteiger partial charge in [-0.05, 0) is 57.3 Å². The number of aromatic hydroxyl groups is 1. The Bertz CT molecular complexity index is 814. The van der Waals surface area contributed by atoms with Crippen LogP contribution >= 0.6 is 45.2 Å². The average Bonchev–Trinajstić information content (AvgIpc) is 2.66. The number of ether oxygens (including phenoxy) is 2. The maximum atomic E-state index is 10.1. The molecule has 0 radical (unpaired) electrons. The molecule has 0 saturated carbocycles. The van der Waals surface area contributed by atoms with Gasteiger partial charge in [0.05, 0.1) is 30.1 Å². The summed E-state index contributed by atoms with van der Waals surface area (Å²) in [6, 6.07) is 3.91. The zero-order valence-electron chi connectivity index (χ0n) is 13.8. The fourth-order valence-electron chi connectivity index (χ4n) is 2.24. The molecule has 0 bridgehead atoms. The van der Waals surface area contributed by atoms with E-state index in [9.17, 15) is 5.11 Å². The van der Waals surface area contributed by atoms with Crippen LogP contribution in [-0.4, -0.2) is 59.7 Å². The maximum absolute atomic E-state index is 10.1. The predicted octanol–water partition coefficient (Wildman–Crippen LogP) is 2.08. The van der Waals surface area contributed by atoms with Crippen molar-refractivity contribution in [1.82, 2.24) is 15.0 Å². The number of hydrazone groups is 1. The zero-order valence-corrected chi connectivity index (χ0v) is 18.1. The second kappa shape index (κ2) is 8.94. The van der Waals surface area contributed by atoms with Crippen LogP contribution in [0.1, 0.15) is 5.56 Å². The first-order valence-corrected chi connectivity index (χ1v) is 9.82.